The van der Waals surface area contributed by atoms with Gasteiger partial charge in [-0.25, -0.2) is 0 Å². The molecule has 0 heterocycles. The second-order valence-electron chi connectivity index (χ2n) is 6.39. The van der Waals surface area contributed by atoms with Gasteiger partial charge < -0.3 is 4.90 Å². The number of hydrogen-bond donors (Lipinski definition) is 0. The molecule has 0 radical (unpaired) electrons. The highest BCUT2D eigenvalue weighted by atomic mass is 15.2. The van der Waals surface area contributed by atoms with Crippen LogP contribution in [0.5, 0.6) is 0 Å². The Kier molecular flexibility index (Phi) is 6.47. The number of nitriles is 1. The van der Waals surface area contributed by atoms with E-state index in [0.29, 0.717) is 12.0 Å². The van der Waals surface area contributed by atoms with Crippen molar-refractivity contribution in [3.05, 3.63) is 53.8 Å². The van der Waals surface area contributed by atoms with Gasteiger partial charge in [0.1, 0.15) is 0 Å². The third kappa shape index (κ3) is 4.26. The van der Waals surface area contributed by atoms with E-state index in [1.54, 1.807) is 0 Å². The summed E-state index contributed by atoms with van der Waals surface area (Å²) in [7, 11) is 0. The molecule has 2 nitrogen and oxygen atoms in total. The minimum absolute atomic E-state index is 0.331. The zero-order valence-corrected chi connectivity index (χ0v) is 14.6. The molecule has 0 fully saturated rings. The molecule has 2 atom stereocenters. The predicted molar refractivity (Wildman–Crippen MR) is 98.1 cm³/mol. The number of allylic oxidation sites excluding steroid dienone is 3. The molecule has 2 rings (SSSR count). The fraction of sp³-hybridized carbons (Fsp3) is 0.476. The first-order chi connectivity index (χ1) is 11.2. The van der Waals surface area contributed by atoms with Gasteiger partial charge in [0.2, 0.25) is 0 Å². The third-order valence-corrected chi connectivity index (χ3v) is 4.68. The van der Waals surface area contributed by atoms with Crippen LogP contribution in [0.2, 0.25) is 0 Å². The van der Waals surface area contributed by atoms with Gasteiger partial charge >= 0.3 is 0 Å². The number of para-hydroxylation sites is 1. The van der Waals surface area contributed by atoms with Gasteiger partial charge in [0.05, 0.1) is 6.07 Å². The van der Waals surface area contributed by atoms with Gasteiger partial charge in [-0.1, -0.05) is 57.9 Å². The molecule has 1 aromatic carbocycles. The third-order valence-electron chi connectivity index (χ3n) is 4.68. The summed E-state index contributed by atoms with van der Waals surface area (Å²) < 4.78 is 0. The summed E-state index contributed by atoms with van der Waals surface area (Å²) in [6.45, 7) is 6.63. The highest BCUT2D eigenvalue weighted by Crippen LogP contribution is 2.32. The molecule has 122 valence electrons. The summed E-state index contributed by atoms with van der Waals surface area (Å²) in [6, 6.07) is 13.5. The van der Waals surface area contributed by atoms with E-state index in [9.17, 15) is 5.26 Å². The summed E-state index contributed by atoms with van der Waals surface area (Å²) >= 11 is 0. The average Bonchev–Trinajstić information content (AvgIpc) is 2.60. The first-order valence-corrected chi connectivity index (χ1v) is 8.87. The molecule has 2 unspecified atom stereocenters. The second kappa shape index (κ2) is 8.58. The Morgan fingerprint density at radius 1 is 1.26 bits per heavy atom. The fourth-order valence-electron chi connectivity index (χ4n) is 3.21. The molecule has 1 aromatic rings. The largest absolute Gasteiger partial charge is 0.339 e. The van der Waals surface area contributed by atoms with Crippen LogP contribution < -0.4 is 4.90 Å². The lowest BCUT2D eigenvalue weighted by Gasteiger charge is -2.36. The fourth-order valence-corrected chi connectivity index (χ4v) is 3.21. The van der Waals surface area contributed by atoms with Crippen LogP contribution in [-0.4, -0.2) is 6.04 Å². The van der Waals surface area contributed by atoms with Gasteiger partial charge in [0, 0.05) is 23.0 Å². The monoisotopic (exact) mass is 308 g/mol. The van der Waals surface area contributed by atoms with Gasteiger partial charge in [-0.3, -0.25) is 0 Å². The van der Waals surface area contributed by atoms with Crippen molar-refractivity contribution < 1.29 is 0 Å². The van der Waals surface area contributed by atoms with E-state index in [-0.39, 0.29) is 0 Å². The van der Waals surface area contributed by atoms with Crippen molar-refractivity contribution in [2.75, 3.05) is 4.90 Å². The Hall–Kier alpha value is -2.01. The van der Waals surface area contributed by atoms with Gasteiger partial charge in [-0.15, -0.1) is 0 Å². The summed E-state index contributed by atoms with van der Waals surface area (Å²) in [5.41, 5.74) is 3.31. The SMILES string of the molecule is CCCCC(CC)N(C1=CCC(C)C(C#N)=C1)c1ccccc1. The van der Waals surface area contributed by atoms with Crippen LogP contribution in [0.3, 0.4) is 0 Å². The second-order valence-corrected chi connectivity index (χ2v) is 6.39. The highest BCUT2D eigenvalue weighted by molar-refractivity contribution is 5.57. The smallest absolute Gasteiger partial charge is 0.0950 e. The maximum atomic E-state index is 9.40. The molecule has 0 saturated carbocycles. The van der Waals surface area contributed by atoms with Crippen LogP contribution in [0.4, 0.5) is 5.69 Å². The molecule has 0 aliphatic heterocycles. The Morgan fingerprint density at radius 3 is 2.61 bits per heavy atom. The molecule has 2 heteroatoms. The van der Waals surface area contributed by atoms with Gasteiger partial charge in [-0.05, 0) is 43.4 Å². The lowest BCUT2D eigenvalue weighted by Crippen LogP contribution is -2.34. The Labute approximate surface area is 141 Å². The van der Waals surface area contributed by atoms with Crippen molar-refractivity contribution in [1.82, 2.24) is 0 Å². The summed E-state index contributed by atoms with van der Waals surface area (Å²) in [6.07, 6.45) is 10.1. The van der Waals surface area contributed by atoms with Crippen molar-refractivity contribution in [3.8, 4) is 6.07 Å². The standard InChI is InChI=1S/C21H28N2/c1-4-6-10-19(5-2)23(20-11-8-7-9-12-20)21-14-13-17(3)18(15-21)16-22/h7-9,11-12,14-15,17,19H,4-6,10,13H2,1-3H3. The molecular formula is C21H28N2. The van der Waals surface area contributed by atoms with Gasteiger partial charge in [-0.2, -0.15) is 5.26 Å². The Morgan fingerprint density at radius 2 is 2.00 bits per heavy atom. The topological polar surface area (TPSA) is 27.0 Å². The molecule has 0 bridgehead atoms. The summed E-state index contributed by atoms with van der Waals surface area (Å²) in [5.74, 6) is 0.331. The van der Waals surface area contributed by atoms with Crippen LogP contribution in [0.1, 0.15) is 52.9 Å². The maximum Gasteiger partial charge on any atom is 0.0950 e. The van der Waals surface area contributed by atoms with Crippen molar-refractivity contribution in [1.29, 1.82) is 5.26 Å². The van der Waals surface area contributed by atoms with E-state index < -0.39 is 0 Å². The van der Waals surface area contributed by atoms with E-state index in [0.717, 1.165) is 18.4 Å². The number of nitrogens with zero attached hydrogens (tertiary/aromatic N) is 2. The Bertz CT molecular complexity index is 592. The number of hydrogen-bond acceptors (Lipinski definition) is 2. The lowest BCUT2D eigenvalue weighted by molar-refractivity contribution is 0.538. The van der Waals surface area contributed by atoms with Crippen LogP contribution in [0.25, 0.3) is 0 Å². The van der Waals surface area contributed by atoms with Crippen LogP contribution >= 0.6 is 0 Å². The average molecular weight is 308 g/mol. The summed E-state index contributed by atoms with van der Waals surface area (Å²) in [4.78, 5) is 2.44. The number of anilines is 1. The first kappa shape index (κ1) is 17.3. The quantitative estimate of drug-likeness (QED) is 0.633. The molecule has 1 aliphatic carbocycles. The zero-order chi connectivity index (χ0) is 16.7. The number of unbranched alkanes of at least 4 members (excludes halogenated alkanes) is 1. The van der Waals surface area contributed by atoms with E-state index in [1.807, 2.05) is 0 Å². The molecule has 0 N–H and O–H groups in total. The van der Waals surface area contributed by atoms with Crippen LogP contribution in [0, 0.1) is 17.2 Å². The van der Waals surface area contributed by atoms with E-state index >= 15 is 0 Å². The molecule has 0 saturated heterocycles. The van der Waals surface area contributed by atoms with Crippen LogP contribution in [0.15, 0.2) is 53.8 Å². The predicted octanol–water partition coefficient (Wildman–Crippen LogP) is 5.84. The maximum absolute atomic E-state index is 9.40. The Balaban J connectivity index is 2.38. The van der Waals surface area contributed by atoms with Crippen LogP contribution in [-0.2, 0) is 0 Å². The van der Waals surface area contributed by atoms with Gasteiger partial charge in [0.15, 0.2) is 0 Å². The molecule has 0 spiro atoms. The molecule has 0 amide bonds. The normalized spacial score (nSPS) is 18.6. The van der Waals surface area contributed by atoms with E-state index in [2.05, 4.69) is 74.2 Å². The minimum Gasteiger partial charge on any atom is -0.339 e. The molecule has 23 heavy (non-hydrogen) atoms. The number of rotatable bonds is 7. The highest BCUT2D eigenvalue weighted by Gasteiger charge is 2.23. The van der Waals surface area contributed by atoms with Crippen molar-refractivity contribution in [2.45, 2.75) is 58.9 Å². The summed E-state index contributed by atoms with van der Waals surface area (Å²) in [5, 5.41) is 9.40. The van der Waals surface area contributed by atoms with E-state index in [4.69, 9.17) is 0 Å². The lowest BCUT2D eigenvalue weighted by atomic mass is 9.91. The number of benzene rings is 1. The van der Waals surface area contributed by atoms with Crippen molar-refractivity contribution in [2.24, 2.45) is 5.92 Å². The minimum atomic E-state index is 0.331. The molecular weight excluding hydrogens is 280 g/mol. The first-order valence-electron chi connectivity index (χ1n) is 8.87. The van der Waals surface area contributed by atoms with Crippen molar-refractivity contribution in [3.63, 3.8) is 0 Å². The molecule has 1 aliphatic rings. The van der Waals surface area contributed by atoms with E-state index in [1.165, 1.54) is 30.6 Å². The van der Waals surface area contributed by atoms with Gasteiger partial charge in [0.25, 0.3) is 0 Å². The zero-order valence-electron chi connectivity index (χ0n) is 14.6. The van der Waals surface area contributed by atoms with Crippen molar-refractivity contribution >= 4 is 5.69 Å². The molecule has 0 aromatic heterocycles.